The third-order valence-corrected chi connectivity index (χ3v) is 3.90. The van der Waals surface area contributed by atoms with Gasteiger partial charge in [0.2, 0.25) is 5.91 Å². The van der Waals surface area contributed by atoms with Crippen LogP contribution in [0.25, 0.3) is 10.9 Å². The Balaban J connectivity index is 1.60. The number of nitrogens with one attached hydrogen (secondary N) is 1. The maximum absolute atomic E-state index is 12.3. The standard InChI is InChI=1S/C19H19N3O2/c1-14-6-8-15(9-7-14)10-11-20-18(23)12-22-13-21-17-5-3-2-4-16(17)19(22)24/h2-9,13H,10-12H2,1H3,(H,20,23). The minimum atomic E-state index is -0.200. The van der Waals surface area contributed by atoms with Gasteiger partial charge in [-0.1, -0.05) is 42.0 Å². The number of hydrogen-bond donors (Lipinski definition) is 1. The number of nitrogens with zero attached hydrogens (tertiary/aromatic N) is 2. The van der Waals surface area contributed by atoms with Crippen molar-refractivity contribution in [3.8, 4) is 0 Å². The molecule has 5 heteroatoms. The van der Waals surface area contributed by atoms with Gasteiger partial charge in [0.05, 0.1) is 17.2 Å². The summed E-state index contributed by atoms with van der Waals surface area (Å²) in [6, 6.07) is 15.3. The topological polar surface area (TPSA) is 64.0 Å². The molecule has 0 bridgehead atoms. The first-order valence-corrected chi connectivity index (χ1v) is 7.90. The molecule has 24 heavy (non-hydrogen) atoms. The van der Waals surface area contributed by atoms with Gasteiger partial charge in [0, 0.05) is 6.54 Å². The van der Waals surface area contributed by atoms with E-state index in [9.17, 15) is 9.59 Å². The zero-order valence-corrected chi connectivity index (χ0v) is 13.5. The molecule has 0 aliphatic rings. The molecular weight excluding hydrogens is 302 g/mol. The van der Waals surface area contributed by atoms with E-state index in [0.717, 1.165) is 6.42 Å². The number of fused-ring (bicyclic) bond motifs is 1. The average molecular weight is 321 g/mol. The Hall–Kier alpha value is -2.95. The number of carbonyl (C=O) groups is 1. The molecular formula is C19H19N3O2. The molecule has 1 aromatic heterocycles. The summed E-state index contributed by atoms with van der Waals surface area (Å²) < 4.78 is 1.34. The van der Waals surface area contributed by atoms with Crippen LogP contribution in [-0.2, 0) is 17.8 Å². The third-order valence-electron chi connectivity index (χ3n) is 3.90. The second-order valence-electron chi connectivity index (χ2n) is 5.78. The van der Waals surface area contributed by atoms with Gasteiger partial charge >= 0.3 is 0 Å². The van der Waals surface area contributed by atoms with Crippen molar-refractivity contribution in [2.45, 2.75) is 19.9 Å². The highest BCUT2D eigenvalue weighted by molar-refractivity contribution is 5.78. The van der Waals surface area contributed by atoms with Crippen LogP contribution >= 0.6 is 0 Å². The van der Waals surface area contributed by atoms with Gasteiger partial charge in [0.15, 0.2) is 0 Å². The van der Waals surface area contributed by atoms with Crippen molar-refractivity contribution in [2.75, 3.05) is 6.54 Å². The summed E-state index contributed by atoms with van der Waals surface area (Å²) in [6.07, 6.45) is 2.18. The maximum Gasteiger partial charge on any atom is 0.261 e. The predicted molar refractivity (Wildman–Crippen MR) is 93.9 cm³/mol. The van der Waals surface area contributed by atoms with E-state index in [1.807, 2.05) is 13.0 Å². The third kappa shape index (κ3) is 3.68. The van der Waals surface area contributed by atoms with E-state index in [0.29, 0.717) is 17.4 Å². The van der Waals surface area contributed by atoms with Crippen LogP contribution < -0.4 is 10.9 Å². The van der Waals surface area contributed by atoms with Gasteiger partial charge in [-0.3, -0.25) is 14.2 Å². The van der Waals surface area contributed by atoms with Gasteiger partial charge in [-0.15, -0.1) is 0 Å². The fourth-order valence-corrected chi connectivity index (χ4v) is 2.53. The molecule has 0 aliphatic heterocycles. The van der Waals surface area contributed by atoms with Crippen LogP contribution in [0.3, 0.4) is 0 Å². The molecule has 5 nitrogen and oxygen atoms in total. The highest BCUT2D eigenvalue weighted by Gasteiger charge is 2.07. The molecule has 0 fully saturated rings. The normalized spacial score (nSPS) is 10.7. The van der Waals surface area contributed by atoms with Crippen molar-refractivity contribution < 1.29 is 4.79 Å². The summed E-state index contributed by atoms with van der Waals surface area (Å²) in [5.41, 5.74) is 2.82. The molecule has 1 N–H and O–H groups in total. The van der Waals surface area contributed by atoms with Crippen LogP contribution in [0, 0.1) is 6.92 Å². The first kappa shape index (κ1) is 15.9. The summed E-state index contributed by atoms with van der Waals surface area (Å²) in [4.78, 5) is 28.6. The van der Waals surface area contributed by atoms with Crippen LogP contribution in [0.15, 0.2) is 59.7 Å². The summed E-state index contributed by atoms with van der Waals surface area (Å²) in [5.74, 6) is -0.193. The molecule has 0 saturated heterocycles. The lowest BCUT2D eigenvalue weighted by Crippen LogP contribution is -2.33. The van der Waals surface area contributed by atoms with Crippen LogP contribution in [0.4, 0.5) is 0 Å². The minimum absolute atomic E-state index is 0.0232. The van der Waals surface area contributed by atoms with Crippen LogP contribution in [-0.4, -0.2) is 22.0 Å². The van der Waals surface area contributed by atoms with Crippen LogP contribution in [0.1, 0.15) is 11.1 Å². The lowest BCUT2D eigenvalue weighted by Gasteiger charge is -2.08. The van der Waals surface area contributed by atoms with Gasteiger partial charge in [0.25, 0.3) is 5.56 Å². The van der Waals surface area contributed by atoms with Crippen molar-refractivity contribution in [2.24, 2.45) is 0 Å². The van der Waals surface area contributed by atoms with E-state index in [-0.39, 0.29) is 18.0 Å². The number of hydrogen-bond acceptors (Lipinski definition) is 3. The monoisotopic (exact) mass is 321 g/mol. The quantitative estimate of drug-likeness (QED) is 0.782. The van der Waals surface area contributed by atoms with Crippen molar-refractivity contribution in [3.63, 3.8) is 0 Å². The fraction of sp³-hybridized carbons (Fsp3) is 0.211. The molecule has 0 radical (unpaired) electrons. The Morgan fingerprint density at radius 3 is 2.67 bits per heavy atom. The van der Waals surface area contributed by atoms with Gasteiger partial charge in [0.1, 0.15) is 6.54 Å². The number of rotatable bonds is 5. The van der Waals surface area contributed by atoms with E-state index in [4.69, 9.17) is 0 Å². The van der Waals surface area contributed by atoms with E-state index in [1.54, 1.807) is 18.2 Å². The summed E-state index contributed by atoms with van der Waals surface area (Å²) in [7, 11) is 0. The van der Waals surface area contributed by atoms with Gasteiger partial charge in [-0.2, -0.15) is 0 Å². The molecule has 0 aliphatic carbocycles. The Bertz CT molecular complexity index is 914. The number of aromatic nitrogens is 2. The summed E-state index contributed by atoms with van der Waals surface area (Å²) >= 11 is 0. The van der Waals surface area contributed by atoms with Gasteiger partial charge in [-0.25, -0.2) is 4.98 Å². The maximum atomic E-state index is 12.3. The molecule has 1 heterocycles. The second kappa shape index (κ2) is 7.08. The van der Waals surface area contributed by atoms with E-state index in [1.165, 1.54) is 22.0 Å². The molecule has 0 saturated carbocycles. The Kier molecular flexibility index (Phi) is 4.70. The van der Waals surface area contributed by atoms with Crippen molar-refractivity contribution in [1.29, 1.82) is 0 Å². The molecule has 1 amide bonds. The van der Waals surface area contributed by atoms with E-state index >= 15 is 0 Å². The SMILES string of the molecule is Cc1ccc(CCNC(=O)Cn2cnc3ccccc3c2=O)cc1. The molecule has 2 aromatic carbocycles. The number of para-hydroxylation sites is 1. The average Bonchev–Trinajstić information content (AvgIpc) is 2.59. The number of amides is 1. The first-order valence-electron chi connectivity index (χ1n) is 7.90. The van der Waals surface area contributed by atoms with E-state index < -0.39 is 0 Å². The van der Waals surface area contributed by atoms with Crippen LogP contribution in [0.5, 0.6) is 0 Å². The highest BCUT2D eigenvalue weighted by Crippen LogP contribution is 2.05. The zero-order chi connectivity index (χ0) is 16.9. The number of carbonyl (C=O) groups excluding carboxylic acids is 1. The molecule has 0 atom stereocenters. The Morgan fingerprint density at radius 2 is 1.88 bits per heavy atom. The zero-order valence-electron chi connectivity index (χ0n) is 13.5. The predicted octanol–water partition coefficient (Wildman–Crippen LogP) is 2.06. The first-order chi connectivity index (χ1) is 11.6. The number of aryl methyl sites for hydroxylation is 1. The minimum Gasteiger partial charge on any atom is -0.354 e. The van der Waals surface area contributed by atoms with Crippen molar-refractivity contribution in [3.05, 3.63) is 76.3 Å². The summed E-state index contributed by atoms with van der Waals surface area (Å²) in [6.45, 7) is 2.56. The second-order valence-corrected chi connectivity index (χ2v) is 5.78. The molecule has 0 spiro atoms. The molecule has 3 rings (SSSR count). The fourth-order valence-electron chi connectivity index (χ4n) is 2.53. The smallest absolute Gasteiger partial charge is 0.261 e. The largest absolute Gasteiger partial charge is 0.354 e. The van der Waals surface area contributed by atoms with Gasteiger partial charge < -0.3 is 5.32 Å². The lowest BCUT2D eigenvalue weighted by molar-refractivity contribution is -0.121. The Labute approximate surface area is 140 Å². The van der Waals surface area contributed by atoms with Crippen LogP contribution in [0.2, 0.25) is 0 Å². The van der Waals surface area contributed by atoms with Crippen molar-refractivity contribution >= 4 is 16.8 Å². The number of benzene rings is 2. The summed E-state index contributed by atoms with van der Waals surface area (Å²) in [5, 5.41) is 3.36. The van der Waals surface area contributed by atoms with Crippen molar-refractivity contribution in [1.82, 2.24) is 14.9 Å². The Morgan fingerprint density at radius 1 is 1.12 bits per heavy atom. The molecule has 0 unspecified atom stereocenters. The van der Waals surface area contributed by atoms with Gasteiger partial charge in [-0.05, 0) is 31.0 Å². The molecule has 122 valence electrons. The lowest BCUT2D eigenvalue weighted by atomic mass is 10.1. The highest BCUT2D eigenvalue weighted by atomic mass is 16.2. The van der Waals surface area contributed by atoms with E-state index in [2.05, 4.69) is 34.6 Å². The molecule has 3 aromatic rings.